The van der Waals surface area contributed by atoms with Gasteiger partial charge in [0.2, 0.25) is 0 Å². The molecule has 0 aliphatic carbocycles. The van der Waals surface area contributed by atoms with E-state index < -0.39 is 17.9 Å². The summed E-state index contributed by atoms with van der Waals surface area (Å²) in [4.78, 5) is 27.6. The summed E-state index contributed by atoms with van der Waals surface area (Å²) in [6.45, 7) is 0.443. The van der Waals surface area contributed by atoms with E-state index in [0.717, 1.165) is 0 Å². The van der Waals surface area contributed by atoms with E-state index in [-0.39, 0.29) is 5.89 Å². The van der Waals surface area contributed by atoms with E-state index >= 15 is 0 Å². The molecule has 1 N–H and O–H groups in total. The zero-order valence-electron chi connectivity index (χ0n) is 7.92. The van der Waals surface area contributed by atoms with Gasteiger partial charge in [0, 0.05) is 6.54 Å². The Balaban J connectivity index is 2.17. The minimum atomic E-state index is -0.979. The average molecular weight is 210 g/mol. The van der Waals surface area contributed by atoms with Gasteiger partial charge in [0.05, 0.1) is 6.20 Å². The van der Waals surface area contributed by atoms with Gasteiger partial charge in [-0.25, -0.2) is 9.78 Å². The van der Waals surface area contributed by atoms with Gasteiger partial charge in [-0.05, 0) is 12.8 Å². The highest BCUT2D eigenvalue weighted by Crippen LogP contribution is 2.19. The zero-order chi connectivity index (χ0) is 10.8. The van der Waals surface area contributed by atoms with Gasteiger partial charge in [0.15, 0.2) is 0 Å². The number of carboxylic acids is 1. The van der Waals surface area contributed by atoms with Gasteiger partial charge in [0.25, 0.3) is 5.89 Å². The summed E-state index contributed by atoms with van der Waals surface area (Å²) in [5, 5.41) is 8.89. The number of amides is 1. The molecule has 1 aliphatic heterocycles. The van der Waals surface area contributed by atoms with E-state index in [0.29, 0.717) is 19.4 Å². The number of aliphatic carboxylic acids is 1. The van der Waals surface area contributed by atoms with Crippen LogP contribution in [0.15, 0.2) is 16.9 Å². The quantitative estimate of drug-likeness (QED) is 0.762. The first-order chi connectivity index (χ1) is 7.20. The van der Waals surface area contributed by atoms with Crippen molar-refractivity contribution in [3.63, 3.8) is 0 Å². The fourth-order valence-electron chi connectivity index (χ4n) is 1.72. The molecule has 0 spiro atoms. The molecule has 1 atom stereocenters. The van der Waals surface area contributed by atoms with Gasteiger partial charge in [-0.3, -0.25) is 4.79 Å². The summed E-state index contributed by atoms with van der Waals surface area (Å²) in [6.07, 6.45) is 3.84. The highest BCUT2D eigenvalue weighted by molar-refractivity contribution is 5.93. The van der Waals surface area contributed by atoms with Crippen LogP contribution in [0.4, 0.5) is 0 Å². The number of oxazole rings is 1. The van der Waals surface area contributed by atoms with Gasteiger partial charge in [-0.15, -0.1) is 0 Å². The van der Waals surface area contributed by atoms with Crippen molar-refractivity contribution in [3.8, 4) is 0 Å². The van der Waals surface area contributed by atoms with Crippen molar-refractivity contribution in [1.82, 2.24) is 9.88 Å². The largest absolute Gasteiger partial charge is 0.480 e. The van der Waals surface area contributed by atoms with Crippen molar-refractivity contribution in [2.24, 2.45) is 0 Å². The number of carbonyl (C=O) groups excluding carboxylic acids is 1. The Morgan fingerprint density at radius 2 is 2.40 bits per heavy atom. The summed E-state index contributed by atoms with van der Waals surface area (Å²) in [5.74, 6) is -1.49. The van der Waals surface area contributed by atoms with Crippen molar-refractivity contribution in [3.05, 3.63) is 18.4 Å². The first-order valence-corrected chi connectivity index (χ1v) is 4.63. The predicted octanol–water partition coefficient (Wildman–Crippen LogP) is 0.364. The monoisotopic (exact) mass is 210 g/mol. The molecule has 1 unspecified atom stereocenters. The lowest BCUT2D eigenvalue weighted by molar-refractivity contribution is -0.141. The number of hydrogen-bond donors (Lipinski definition) is 1. The van der Waals surface area contributed by atoms with E-state index in [1.807, 2.05) is 0 Å². The Morgan fingerprint density at radius 1 is 1.60 bits per heavy atom. The second kappa shape index (κ2) is 3.72. The molecular formula is C9H10N2O4. The lowest BCUT2D eigenvalue weighted by Gasteiger charge is -2.19. The third-order valence-corrected chi connectivity index (χ3v) is 2.41. The molecule has 0 saturated carbocycles. The molecule has 1 amide bonds. The molecule has 0 bridgehead atoms. The van der Waals surface area contributed by atoms with Crippen molar-refractivity contribution in [1.29, 1.82) is 0 Å². The highest BCUT2D eigenvalue weighted by Gasteiger charge is 2.35. The van der Waals surface area contributed by atoms with Crippen molar-refractivity contribution >= 4 is 11.9 Å². The molecule has 6 nitrogen and oxygen atoms in total. The van der Waals surface area contributed by atoms with Crippen LogP contribution in [0, 0.1) is 0 Å². The standard InChI is InChI=1S/C9H10N2O4/c12-8(7-10-3-5-15-7)11-4-1-2-6(11)9(13)14/h3,5-6H,1-2,4H2,(H,13,14). The van der Waals surface area contributed by atoms with Crippen LogP contribution >= 0.6 is 0 Å². The van der Waals surface area contributed by atoms with E-state index in [1.54, 1.807) is 0 Å². The second-order valence-corrected chi connectivity index (χ2v) is 3.33. The fraction of sp³-hybridized carbons (Fsp3) is 0.444. The maximum absolute atomic E-state index is 11.7. The Bertz CT molecular complexity index is 373. The average Bonchev–Trinajstić information content (AvgIpc) is 2.88. The van der Waals surface area contributed by atoms with Gasteiger partial charge in [-0.1, -0.05) is 0 Å². The SMILES string of the molecule is O=C(O)C1CCCN1C(=O)c1ncco1. The van der Waals surface area contributed by atoms with Crippen LogP contribution in [-0.2, 0) is 4.79 Å². The summed E-state index contributed by atoms with van der Waals surface area (Å²) >= 11 is 0. The summed E-state index contributed by atoms with van der Waals surface area (Å²) in [6, 6.07) is -0.746. The van der Waals surface area contributed by atoms with Gasteiger partial charge < -0.3 is 14.4 Å². The minimum Gasteiger partial charge on any atom is -0.480 e. The number of carboxylic acid groups (broad SMARTS) is 1. The smallest absolute Gasteiger partial charge is 0.326 e. The molecule has 1 aromatic heterocycles. The Labute approximate surface area is 85.5 Å². The lowest BCUT2D eigenvalue weighted by atomic mass is 10.2. The molecular weight excluding hydrogens is 200 g/mol. The molecule has 1 aliphatic rings. The predicted molar refractivity (Wildman–Crippen MR) is 48.2 cm³/mol. The van der Waals surface area contributed by atoms with Crippen molar-refractivity contribution in [2.45, 2.75) is 18.9 Å². The lowest BCUT2D eigenvalue weighted by Crippen LogP contribution is -2.40. The summed E-state index contributed by atoms with van der Waals surface area (Å²) in [5.41, 5.74) is 0. The molecule has 0 aromatic carbocycles. The molecule has 1 fully saturated rings. The topological polar surface area (TPSA) is 83.6 Å². The molecule has 2 rings (SSSR count). The first kappa shape index (κ1) is 9.70. The Hall–Kier alpha value is -1.85. The van der Waals surface area contributed by atoms with E-state index in [2.05, 4.69) is 4.98 Å². The fourth-order valence-corrected chi connectivity index (χ4v) is 1.72. The first-order valence-electron chi connectivity index (χ1n) is 4.63. The summed E-state index contributed by atoms with van der Waals surface area (Å²) in [7, 11) is 0. The number of aromatic nitrogens is 1. The van der Waals surface area contributed by atoms with Gasteiger partial charge in [-0.2, -0.15) is 0 Å². The maximum atomic E-state index is 11.7. The highest BCUT2D eigenvalue weighted by atomic mass is 16.4. The van der Waals surface area contributed by atoms with E-state index in [4.69, 9.17) is 9.52 Å². The minimum absolute atomic E-state index is 0.0526. The molecule has 0 radical (unpaired) electrons. The zero-order valence-corrected chi connectivity index (χ0v) is 7.92. The number of hydrogen-bond acceptors (Lipinski definition) is 4. The van der Waals surface area contributed by atoms with Crippen LogP contribution < -0.4 is 0 Å². The second-order valence-electron chi connectivity index (χ2n) is 3.33. The molecule has 80 valence electrons. The van der Waals surface area contributed by atoms with Crippen LogP contribution in [0.1, 0.15) is 23.5 Å². The third kappa shape index (κ3) is 1.70. The molecule has 6 heteroatoms. The van der Waals surface area contributed by atoms with Gasteiger partial charge >= 0.3 is 11.9 Å². The number of rotatable bonds is 2. The van der Waals surface area contributed by atoms with Gasteiger partial charge in [0.1, 0.15) is 12.3 Å². The van der Waals surface area contributed by atoms with Crippen LogP contribution in [0.5, 0.6) is 0 Å². The Morgan fingerprint density at radius 3 is 3.00 bits per heavy atom. The van der Waals surface area contributed by atoms with E-state index in [9.17, 15) is 9.59 Å². The summed E-state index contributed by atoms with van der Waals surface area (Å²) < 4.78 is 4.84. The van der Waals surface area contributed by atoms with Crippen LogP contribution in [0.2, 0.25) is 0 Å². The number of carbonyl (C=O) groups is 2. The molecule has 2 heterocycles. The van der Waals surface area contributed by atoms with Crippen molar-refractivity contribution in [2.75, 3.05) is 6.54 Å². The van der Waals surface area contributed by atoms with Crippen LogP contribution in [0.25, 0.3) is 0 Å². The molecule has 1 aromatic rings. The molecule has 1 saturated heterocycles. The van der Waals surface area contributed by atoms with Crippen LogP contribution in [0.3, 0.4) is 0 Å². The number of likely N-dealkylation sites (tertiary alicyclic amines) is 1. The van der Waals surface area contributed by atoms with Crippen molar-refractivity contribution < 1.29 is 19.1 Å². The third-order valence-electron chi connectivity index (χ3n) is 2.41. The van der Waals surface area contributed by atoms with E-state index in [1.165, 1.54) is 17.4 Å². The maximum Gasteiger partial charge on any atom is 0.326 e. The normalized spacial score (nSPS) is 20.5. The Kier molecular flexibility index (Phi) is 2.40. The molecule has 15 heavy (non-hydrogen) atoms. The van der Waals surface area contributed by atoms with Crippen LogP contribution in [-0.4, -0.2) is 39.5 Å². The number of nitrogens with zero attached hydrogens (tertiary/aromatic N) is 2.